The molecule has 1 saturated carbocycles. The lowest BCUT2D eigenvalue weighted by Crippen LogP contribution is -2.46. The Bertz CT molecular complexity index is 1190. The van der Waals surface area contributed by atoms with E-state index in [0.717, 1.165) is 44.8 Å². The highest BCUT2D eigenvalue weighted by molar-refractivity contribution is 5.98. The second-order valence-corrected chi connectivity index (χ2v) is 9.91. The zero-order valence-corrected chi connectivity index (χ0v) is 19.1. The van der Waals surface area contributed by atoms with Crippen LogP contribution in [0.15, 0.2) is 42.5 Å². The molecule has 0 radical (unpaired) electrons. The Morgan fingerprint density at radius 2 is 1.79 bits per heavy atom. The lowest BCUT2D eigenvalue weighted by atomic mass is 9.81. The molecule has 33 heavy (non-hydrogen) atoms. The van der Waals surface area contributed by atoms with Crippen LogP contribution in [-0.2, 0) is 17.7 Å². The fourth-order valence-corrected chi connectivity index (χ4v) is 6.44. The SMILES string of the molecule is O=C(O)c1ccc2c(C3CCCCC3)c3n(c2c1)CC(N1CCOCC1)Cc1ccccc1-3. The third kappa shape index (κ3) is 3.68. The van der Waals surface area contributed by atoms with Crippen molar-refractivity contribution in [1.82, 2.24) is 9.47 Å². The minimum absolute atomic E-state index is 0.374. The molecule has 1 unspecified atom stereocenters. The van der Waals surface area contributed by atoms with Crippen LogP contribution >= 0.6 is 0 Å². The minimum Gasteiger partial charge on any atom is -0.478 e. The number of rotatable bonds is 3. The number of carboxylic acid groups (broad SMARTS) is 1. The van der Waals surface area contributed by atoms with E-state index in [1.54, 1.807) is 6.07 Å². The van der Waals surface area contributed by atoms with Crippen LogP contribution in [0.1, 0.15) is 59.5 Å². The number of aromatic nitrogens is 1. The summed E-state index contributed by atoms with van der Waals surface area (Å²) in [5.74, 6) is -0.313. The Balaban J connectivity index is 1.60. The molecule has 2 fully saturated rings. The first-order valence-corrected chi connectivity index (χ1v) is 12.5. The van der Waals surface area contributed by atoms with Crippen LogP contribution in [0.2, 0.25) is 0 Å². The highest BCUT2D eigenvalue weighted by atomic mass is 16.5. The van der Waals surface area contributed by atoms with Crippen molar-refractivity contribution in [3.8, 4) is 11.3 Å². The Morgan fingerprint density at radius 3 is 2.58 bits per heavy atom. The molecule has 1 N–H and O–H groups in total. The van der Waals surface area contributed by atoms with Gasteiger partial charge < -0.3 is 14.4 Å². The highest BCUT2D eigenvalue weighted by Gasteiger charge is 2.33. The quantitative estimate of drug-likeness (QED) is 0.595. The van der Waals surface area contributed by atoms with E-state index >= 15 is 0 Å². The summed E-state index contributed by atoms with van der Waals surface area (Å²) in [4.78, 5) is 14.4. The molecule has 3 aliphatic rings. The number of aromatic carboxylic acids is 1. The van der Waals surface area contributed by atoms with E-state index in [1.807, 2.05) is 6.07 Å². The molecule has 2 aliphatic heterocycles. The van der Waals surface area contributed by atoms with Gasteiger partial charge in [0, 0.05) is 42.1 Å². The van der Waals surface area contributed by atoms with E-state index in [0.29, 0.717) is 17.5 Å². The van der Waals surface area contributed by atoms with Crippen LogP contribution in [0.5, 0.6) is 0 Å². The molecule has 6 rings (SSSR count). The van der Waals surface area contributed by atoms with Gasteiger partial charge >= 0.3 is 5.97 Å². The zero-order valence-electron chi connectivity index (χ0n) is 19.1. The fourth-order valence-electron chi connectivity index (χ4n) is 6.44. The average Bonchev–Trinajstić information content (AvgIpc) is 3.07. The second-order valence-electron chi connectivity index (χ2n) is 9.91. The highest BCUT2D eigenvalue weighted by Crippen LogP contribution is 2.46. The first-order valence-electron chi connectivity index (χ1n) is 12.5. The molecule has 3 aromatic rings. The largest absolute Gasteiger partial charge is 0.478 e. The van der Waals surface area contributed by atoms with Gasteiger partial charge in [-0.25, -0.2) is 4.79 Å². The van der Waals surface area contributed by atoms with Gasteiger partial charge in [0.1, 0.15) is 0 Å². The molecule has 5 heteroatoms. The summed E-state index contributed by atoms with van der Waals surface area (Å²) in [5, 5.41) is 11.0. The van der Waals surface area contributed by atoms with Crippen molar-refractivity contribution in [3.05, 3.63) is 59.2 Å². The Labute approximate surface area is 195 Å². The number of carboxylic acids is 1. The standard InChI is InChI=1S/C28H32N2O3/c31-28(32)21-10-11-24-25(17-21)30-18-22(29-12-14-33-15-13-29)16-20-8-4-5-9-23(20)27(30)26(24)19-6-2-1-3-7-19/h4-5,8-11,17,19,22H,1-3,6-7,12-16,18H2,(H,31,32). The topological polar surface area (TPSA) is 54.7 Å². The predicted octanol–water partition coefficient (Wildman–Crippen LogP) is 5.31. The van der Waals surface area contributed by atoms with Crippen molar-refractivity contribution in [2.45, 2.75) is 57.0 Å². The summed E-state index contributed by atoms with van der Waals surface area (Å²) in [5.41, 5.74) is 6.99. The molecule has 0 amide bonds. The normalized spacial score (nSPS) is 22.0. The molecule has 1 aliphatic carbocycles. The third-order valence-corrected chi connectivity index (χ3v) is 8.05. The number of morpholine rings is 1. The minimum atomic E-state index is -0.856. The van der Waals surface area contributed by atoms with E-state index in [-0.39, 0.29) is 0 Å². The maximum Gasteiger partial charge on any atom is 0.335 e. The van der Waals surface area contributed by atoms with E-state index < -0.39 is 5.97 Å². The van der Waals surface area contributed by atoms with Crippen molar-refractivity contribution >= 4 is 16.9 Å². The molecule has 1 atom stereocenters. The first-order chi connectivity index (χ1) is 16.2. The number of fused-ring (bicyclic) bond motifs is 5. The van der Waals surface area contributed by atoms with Crippen molar-refractivity contribution < 1.29 is 14.6 Å². The van der Waals surface area contributed by atoms with Crippen LogP contribution in [0.4, 0.5) is 0 Å². The molecular formula is C28H32N2O3. The van der Waals surface area contributed by atoms with Gasteiger partial charge in [-0.05, 0) is 48.4 Å². The van der Waals surface area contributed by atoms with E-state index in [1.165, 1.54) is 59.9 Å². The van der Waals surface area contributed by atoms with E-state index in [4.69, 9.17) is 4.74 Å². The second kappa shape index (κ2) is 8.62. The Hall–Kier alpha value is -2.63. The molecule has 0 bridgehead atoms. The van der Waals surface area contributed by atoms with Gasteiger partial charge in [-0.15, -0.1) is 0 Å². The lowest BCUT2D eigenvalue weighted by Gasteiger charge is -2.34. The van der Waals surface area contributed by atoms with Gasteiger partial charge in [0.2, 0.25) is 0 Å². The van der Waals surface area contributed by atoms with Gasteiger partial charge in [-0.1, -0.05) is 49.6 Å². The number of benzene rings is 2. The number of ether oxygens (including phenoxy) is 1. The van der Waals surface area contributed by atoms with Gasteiger partial charge in [0.15, 0.2) is 0 Å². The molecular weight excluding hydrogens is 412 g/mol. The summed E-state index contributed by atoms with van der Waals surface area (Å²) >= 11 is 0. The van der Waals surface area contributed by atoms with Gasteiger partial charge in [-0.3, -0.25) is 4.90 Å². The number of nitrogens with zero attached hydrogens (tertiary/aromatic N) is 2. The predicted molar refractivity (Wildman–Crippen MR) is 130 cm³/mol. The molecule has 172 valence electrons. The van der Waals surface area contributed by atoms with Crippen molar-refractivity contribution in [2.75, 3.05) is 26.3 Å². The van der Waals surface area contributed by atoms with Gasteiger partial charge in [0.05, 0.1) is 24.5 Å². The van der Waals surface area contributed by atoms with Crippen LogP contribution in [0.25, 0.3) is 22.2 Å². The monoisotopic (exact) mass is 444 g/mol. The Kier molecular flexibility index (Phi) is 5.47. The van der Waals surface area contributed by atoms with Gasteiger partial charge in [0.25, 0.3) is 0 Å². The number of hydrogen-bond donors (Lipinski definition) is 1. The van der Waals surface area contributed by atoms with E-state index in [2.05, 4.69) is 39.8 Å². The summed E-state index contributed by atoms with van der Waals surface area (Å²) in [6.45, 7) is 4.37. The Morgan fingerprint density at radius 1 is 1.00 bits per heavy atom. The molecule has 1 aromatic heterocycles. The maximum atomic E-state index is 11.9. The molecule has 1 saturated heterocycles. The van der Waals surface area contributed by atoms with Crippen molar-refractivity contribution in [1.29, 1.82) is 0 Å². The summed E-state index contributed by atoms with van der Waals surface area (Å²) in [6, 6.07) is 15.1. The maximum absolute atomic E-state index is 11.9. The smallest absolute Gasteiger partial charge is 0.335 e. The average molecular weight is 445 g/mol. The van der Waals surface area contributed by atoms with Crippen molar-refractivity contribution in [2.24, 2.45) is 0 Å². The molecule has 0 spiro atoms. The van der Waals surface area contributed by atoms with Crippen LogP contribution in [0.3, 0.4) is 0 Å². The zero-order chi connectivity index (χ0) is 22.4. The first kappa shape index (κ1) is 20.9. The lowest BCUT2D eigenvalue weighted by molar-refractivity contribution is 0.0136. The third-order valence-electron chi connectivity index (χ3n) is 8.05. The fraction of sp³-hybridized carbons (Fsp3) is 0.464. The number of carbonyl (C=O) groups is 1. The summed E-state index contributed by atoms with van der Waals surface area (Å²) in [7, 11) is 0. The number of hydrogen-bond acceptors (Lipinski definition) is 3. The molecule has 5 nitrogen and oxygen atoms in total. The summed E-state index contributed by atoms with van der Waals surface area (Å²) in [6.07, 6.45) is 7.35. The van der Waals surface area contributed by atoms with Crippen molar-refractivity contribution in [3.63, 3.8) is 0 Å². The molecule has 3 heterocycles. The van der Waals surface area contributed by atoms with Crippen LogP contribution < -0.4 is 0 Å². The van der Waals surface area contributed by atoms with Crippen LogP contribution in [0, 0.1) is 0 Å². The molecule has 2 aromatic carbocycles. The van der Waals surface area contributed by atoms with Crippen LogP contribution in [-0.4, -0.2) is 52.9 Å². The van der Waals surface area contributed by atoms with E-state index in [9.17, 15) is 9.90 Å². The van der Waals surface area contributed by atoms with Gasteiger partial charge in [-0.2, -0.15) is 0 Å². The summed E-state index contributed by atoms with van der Waals surface area (Å²) < 4.78 is 8.11.